The Balaban J connectivity index is 2.89. The van der Waals surface area contributed by atoms with Gasteiger partial charge in [0.15, 0.2) is 11.4 Å². The van der Waals surface area contributed by atoms with Crippen molar-refractivity contribution in [1.82, 2.24) is 5.32 Å². The van der Waals surface area contributed by atoms with Gasteiger partial charge in [-0.1, -0.05) is 90.0 Å². The number of benzene rings is 1. The molecule has 0 heterocycles. The molecule has 1 rings (SSSR count). The summed E-state index contributed by atoms with van der Waals surface area (Å²) in [5.74, 6) is -2.89. The number of carboxylic acids is 1. The number of carboxylic acid groups (broad SMARTS) is 1. The molecule has 1 aromatic rings. The van der Waals surface area contributed by atoms with Crippen LogP contribution < -0.4 is 10.1 Å². The monoisotopic (exact) mass is 695 g/mol. The molecule has 3 N–H and O–H groups in total. The Hall–Kier alpha value is -2.76. The second-order valence-corrected chi connectivity index (χ2v) is 14.9. The number of ketones is 1. The molecule has 0 unspecified atom stereocenters. The van der Waals surface area contributed by atoms with Crippen molar-refractivity contribution in [1.29, 1.82) is 0 Å². The molecule has 0 spiro atoms. The van der Waals surface area contributed by atoms with Crippen molar-refractivity contribution in [2.45, 2.75) is 129 Å². The van der Waals surface area contributed by atoms with Crippen LogP contribution in [-0.4, -0.2) is 79.8 Å². The molecule has 10 nitrogen and oxygen atoms in total. The first-order valence-corrected chi connectivity index (χ1v) is 19.6. The fourth-order valence-corrected chi connectivity index (χ4v) is 6.85. The van der Waals surface area contributed by atoms with Crippen LogP contribution in [0.25, 0.3) is 0 Å². The number of rotatable bonds is 29. The lowest BCUT2D eigenvalue weighted by molar-refractivity contribution is -0.168. The Labute approximate surface area is 289 Å². The molecule has 1 aromatic carbocycles. The van der Waals surface area contributed by atoms with Gasteiger partial charge in [0.05, 0.1) is 30.1 Å². The molecule has 0 aliphatic heterocycles. The molecule has 0 aliphatic rings. The van der Waals surface area contributed by atoms with Crippen molar-refractivity contribution in [3.8, 4) is 5.75 Å². The summed E-state index contributed by atoms with van der Waals surface area (Å²) in [6.07, 6.45) is 13.4. The molecule has 11 heteroatoms. The average Bonchev–Trinajstić information content (AvgIpc) is 3.06. The molecule has 0 saturated carbocycles. The van der Waals surface area contributed by atoms with Gasteiger partial charge in [-0.05, 0) is 56.2 Å². The minimum Gasteiger partial charge on any atom is -0.494 e. The van der Waals surface area contributed by atoms with Crippen molar-refractivity contribution in [2.24, 2.45) is 5.92 Å². The van der Waals surface area contributed by atoms with Gasteiger partial charge in [-0.15, -0.1) is 0 Å². The van der Waals surface area contributed by atoms with Crippen molar-refractivity contribution < 1.29 is 42.5 Å². The largest absolute Gasteiger partial charge is 0.494 e. The highest BCUT2D eigenvalue weighted by Crippen LogP contribution is 2.26. The number of amides is 1. The first-order chi connectivity index (χ1) is 22.9. The van der Waals surface area contributed by atoms with Crippen molar-refractivity contribution >= 4 is 27.5 Å². The van der Waals surface area contributed by atoms with Gasteiger partial charge in [-0.2, -0.15) is 0 Å². The zero-order chi connectivity index (χ0) is 35.8. The second kappa shape index (κ2) is 24.4. The maximum Gasteiger partial charge on any atom is 0.336 e. The molecule has 0 fully saturated rings. The fraction of sp³-hybridized carbons (Fsp3) is 0.703. The van der Waals surface area contributed by atoms with Crippen LogP contribution in [0.2, 0.25) is 0 Å². The number of Topliss-reactive ketones (excluding diaryl/α,β-unsaturated/α-hetero) is 1. The summed E-state index contributed by atoms with van der Waals surface area (Å²) in [4.78, 5) is 38.9. The lowest BCUT2D eigenvalue weighted by Crippen LogP contribution is -2.55. The number of methoxy groups -OCH3 is 1. The number of nitrogens with one attached hydrogen (secondary N) is 1. The second-order valence-electron chi connectivity index (χ2n) is 12.6. The van der Waals surface area contributed by atoms with E-state index >= 15 is 0 Å². The van der Waals surface area contributed by atoms with Gasteiger partial charge in [0, 0.05) is 26.6 Å². The summed E-state index contributed by atoms with van der Waals surface area (Å²) in [6, 6.07) is 6.37. The van der Waals surface area contributed by atoms with E-state index in [4.69, 9.17) is 9.47 Å². The van der Waals surface area contributed by atoms with E-state index in [0.717, 1.165) is 56.9 Å². The molecule has 274 valence electrons. The fourth-order valence-electron chi connectivity index (χ4n) is 5.36. The number of aliphatic hydroxyl groups is 1. The van der Waals surface area contributed by atoms with Gasteiger partial charge in [-0.3, -0.25) is 9.59 Å². The average molecular weight is 696 g/mol. The van der Waals surface area contributed by atoms with Crippen molar-refractivity contribution in [2.75, 3.05) is 31.8 Å². The number of carbonyl (C=O) groups is 3. The topological polar surface area (TPSA) is 156 Å². The van der Waals surface area contributed by atoms with E-state index in [2.05, 4.69) is 19.2 Å². The summed E-state index contributed by atoms with van der Waals surface area (Å²) in [5.41, 5.74) is -1.66. The molecule has 0 aliphatic carbocycles. The van der Waals surface area contributed by atoms with Gasteiger partial charge in [0.1, 0.15) is 15.6 Å². The van der Waals surface area contributed by atoms with Gasteiger partial charge in [0.25, 0.3) is 0 Å². The number of hydrogen-bond acceptors (Lipinski definition) is 8. The van der Waals surface area contributed by atoms with Crippen molar-refractivity contribution in [3.63, 3.8) is 0 Å². The molecule has 1 amide bonds. The van der Waals surface area contributed by atoms with E-state index in [9.17, 15) is 33.0 Å². The highest BCUT2D eigenvalue weighted by Gasteiger charge is 2.47. The minimum absolute atomic E-state index is 0.0912. The zero-order valence-electron chi connectivity index (χ0n) is 29.7. The lowest BCUT2D eigenvalue weighted by atomic mass is 9.82. The molecule has 3 atom stereocenters. The highest BCUT2D eigenvalue weighted by molar-refractivity contribution is 7.91. The summed E-state index contributed by atoms with van der Waals surface area (Å²) in [6.45, 7) is 6.42. The maximum atomic E-state index is 13.6. The van der Waals surface area contributed by atoms with Crippen molar-refractivity contribution in [3.05, 3.63) is 42.0 Å². The lowest BCUT2D eigenvalue weighted by Gasteiger charge is -2.31. The third-order valence-corrected chi connectivity index (χ3v) is 10.3. The maximum absolute atomic E-state index is 13.6. The van der Waals surface area contributed by atoms with Gasteiger partial charge in [-0.25, -0.2) is 13.2 Å². The third-order valence-electron chi connectivity index (χ3n) is 8.50. The molecular weight excluding hydrogens is 634 g/mol. The van der Waals surface area contributed by atoms with Crippen LogP contribution in [0.4, 0.5) is 0 Å². The normalized spacial score (nSPS) is 14.4. The van der Waals surface area contributed by atoms with E-state index in [0.29, 0.717) is 38.0 Å². The molecule has 0 aromatic heterocycles. The van der Waals surface area contributed by atoms with Crippen LogP contribution in [0.5, 0.6) is 5.75 Å². The van der Waals surface area contributed by atoms with E-state index in [1.165, 1.54) is 13.2 Å². The Kier molecular flexibility index (Phi) is 22.0. The number of unbranched alkanes of at least 4 members (excludes halogenated alkanes) is 9. The highest BCUT2D eigenvalue weighted by atomic mass is 32.2. The van der Waals surface area contributed by atoms with Gasteiger partial charge >= 0.3 is 5.97 Å². The SMILES string of the molecule is CCCCCCCS(=O)(=O)CCCCCC/C=C/[C@H](C(=O)N[C@@H](Cc1ccc(OCCCC)cc1)C(=O)CC)[C@@](O)(CCOC)C(=O)O. The first-order valence-electron chi connectivity index (χ1n) is 17.8. The summed E-state index contributed by atoms with van der Waals surface area (Å²) < 4.78 is 35.3. The van der Waals surface area contributed by atoms with E-state index in [1.807, 2.05) is 24.3 Å². The Morgan fingerprint density at radius 2 is 1.48 bits per heavy atom. The van der Waals surface area contributed by atoms with Crippen LogP contribution in [0.1, 0.15) is 116 Å². The predicted octanol–water partition coefficient (Wildman–Crippen LogP) is 6.23. The summed E-state index contributed by atoms with van der Waals surface area (Å²) in [5, 5.41) is 24.0. The van der Waals surface area contributed by atoms with Crippen LogP contribution in [-0.2, 0) is 35.4 Å². The smallest absolute Gasteiger partial charge is 0.336 e. The number of aliphatic carboxylic acids is 1. The van der Waals surface area contributed by atoms with Crippen LogP contribution in [0.3, 0.4) is 0 Å². The van der Waals surface area contributed by atoms with E-state index in [1.54, 1.807) is 13.0 Å². The summed E-state index contributed by atoms with van der Waals surface area (Å²) in [7, 11) is -1.67. The molecule has 0 bridgehead atoms. The molecule has 0 radical (unpaired) electrons. The zero-order valence-corrected chi connectivity index (χ0v) is 30.5. The van der Waals surface area contributed by atoms with Gasteiger partial charge in [0.2, 0.25) is 5.91 Å². The summed E-state index contributed by atoms with van der Waals surface area (Å²) >= 11 is 0. The number of hydrogen-bond donors (Lipinski definition) is 3. The van der Waals surface area contributed by atoms with Crippen LogP contribution in [0, 0.1) is 5.92 Å². The Bertz CT molecular complexity index is 1200. The molecular formula is C37H61NO9S. The number of sulfone groups is 1. The Morgan fingerprint density at radius 3 is 2.04 bits per heavy atom. The number of allylic oxidation sites excluding steroid dienone is 1. The van der Waals surface area contributed by atoms with Gasteiger partial charge < -0.3 is 25.0 Å². The van der Waals surface area contributed by atoms with E-state index < -0.39 is 39.3 Å². The first kappa shape index (κ1) is 43.3. The predicted molar refractivity (Wildman–Crippen MR) is 190 cm³/mol. The van der Waals surface area contributed by atoms with E-state index in [-0.39, 0.29) is 43.2 Å². The standard InChI is InChI=1S/C37H61NO9S/c1-5-8-10-14-17-27-48(44,45)28-18-15-12-11-13-16-19-32(37(43,36(41)42)24-26-46-4)35(40)38-33(34(39)7-3)29-30-20-22-31(23-21-30)47-25-9-6-2/h16,19-23,32-33,43H,5-15,17-18,24-29H2,1-4H3,(H,38,40)(H,41,42)/b19-16+/t32-,33+,37+/m1/s1. The minimum atomic E-state index is -3.05. The molecule has 48 heavy (non-hydrogen) atoms. The number of carbonyl (C=O) groups excluding carboxylic acids is 2. The van der Waals surface area contributed by atoms with Crippen LogP contribution >= 0.6 is 0 Å². The molecule has 0 saturated heterocycles. The Morgan fingerprint density at radius 1 is 0.875 bits per heavy atom. The third kappa shape index (κ3) is 17.1. The van der Waals surface area contributed by atoms with Crippen LogP contribution in [0.15, 0.2) is 36.4 Å². The number of ether oxygens (including phenoxy) is 2. The quantitative estimate of drug-likeness (QED) is 0.0653.